The van der Waals surface area contributed by atoms with Crippen LogP contribution in [-0.4, -0.2) is 93.2 Å². The van der Waals surface area contributed by atoms with E-state index in [1.54, 1.807) is 0 Å². The number of ether oxygens (including phenoxy) is 1. The molecule has 15 heteroatoms. The molecule has 172 valence electrons. The zero-order valence-corrected chi connectivity index (χ0v) is 16.5. The molecular formula is C16H25N7O8. The van der Waals surface area contributed by atoms with Crippen LogP contribution >= 0.6 is 0 Å². The van der Waals surface area contributed by atoms with Gasteiger partial charge in [0.25, 0.3) is 0 Å². The number of hydrogen-bond donors (Lipinski definition) is 8. The Kier molecular flexibility index (Phi) is 8.01. The maximum Gasteiger partial charge on any atom is 0.349 e. The van der Waals surface area contributed by atoms with Crippen molar-refractivity contribution in [2.24, 2.45) is 5.73 Å². The number of amides is 3. The largest absolute Gasteiger partial charge is 0.396 e. The molecule has 1 aromatic rings. The fraction of sp³-hybridized carbons (Fsp3) is 0.562. The number of nitrogens with two attached hydrogens (primary N) is 2. The molecule has 0 aromatic carbocycles. The number of nitrogen functional groups attached to an aromatic ring is 1. The fourth-order valence-corrected chi connectivity index (χ4v) is 3.00. The number of likely N-dealkylation sites (N-methyl/N-ethyl adjacent to an activating group) is 1. The number of anilines is 1. The van der Waals surface area contributed by atoms with E-state index in [-0.39, 0.29) is 12.2 Å². The normalized spacial score (nSPS) is 26.6. The van der Waals surface area contributed by atoms with E-state index in [2.05, 4.69) is 20.9 Å². The molecule has 3 amide bonds. The van der Waals surface area contributed by atoms with Crippen molar-refractivity contribution < 1.29 is 34.4 Å². The van der Waals surface area contributed by atoms with Crippen LogP contribution in [0.3, 0.4) is 0 Å². The molecule has 2 rings (SSSR count). The third kappa shape index (κ3) is 5.53. The summed E-state index contributed by atoms with van der Waals surface area (Å²) in [5, 5.41) is 37.4. The molecule has 15 nitrogen and oxygen atoms in total. The van der Waals surface area contributed by atoms with Crippen LogP contribution in [0.4, 0.5) is 5.69 Å². The van der Waals surface area contributed by atoms with E-state index in [4.69, 9.17) is 16.2 Å². The lowest BCUT2D eigenvalue weighted by atomic mass is 9.94. The molecule has 1 aromatic heterocycles. The zero-order chi connectivity index (χ0) is 23.3. The Bertz CT molecular complexity index is 878. The van der Waals surface area contributed by atoms with E-state index in [0.29, 0.717) is 0 Å². The number of carbonyl (C=O) groups is 3. The van der Waals surface area contributed by atoms with Gasteiger partial charge in [-0.3, -0.25) is 19.0 Å². The Morgan fingerprint density at radius 1 is 1.32 bits per heavy atom. The number of aliphatic hydroxyl groups excluding tert-OH is 3. The number of nitrogens with one attached hydrogen (secondary N) is 3. The van der Waals surface area contributed by atoms with E-state index in [0.717, 1.165) is 17.0 Å². The van der Waals surface area contributed by atoms with Gasteiger partial charge in [-0.15, -0.1) is 0 Å². The van der Waals surface area contributed by atoms with Gasteiger partial charge in [-0.2, -0.15) is 4.98 Å². The lowest BCUT2D eigenvalue weighted by molar-refractivity contribution is -0.212. The highest BCUT2D eigenvalue weighted by atomic mass is 16.5. The highest BCUT2D eigenvalue weighted by Crippen LogP contribution is 2.28. The molecular weight excluding hydrogens is 418 g/mol. The topological polar surface area (TPSA) is 244 Å². The first-order valence-electron chi connectivity index (χ1n) is 9.10. The monoisotopic (exact) mass is 443 g/mol. The van der Waals surface area contributed by atoms with Crippen LogP contribution in [0.2, 0.25) is 0 Å². The summed E-state index contributed by atoms with van der Waals surface area (Å²) in [7, 11) is 1.50. The van der Waals surface area contributed by atoms with Crippen molar-refractivity contribution in [1.29, 1.82) is 0 Å². The maximum absolute atomic E-state index is 12.5. The van der Waals surface area contributed by atoms with Gasteiger partial charge in [0.15, 0.2) is 12.3 Å². The number of carbonyl (C=O) groups excluding carboxylic acids is 3. The first-order valence-corrected chi connectivity index (χ1v) is 9.10. The van der Waals surface area contributed by atoms with Crippen LogP contribution < -0.4 is 33.1 Å². The molecule has 0 bridgehead atoms. The smallest absolute Gasteiger partial charge is 0.349 e. The standard InChI is InChI=1S/C16H25N7O8/c1-19-3-8(25)21-7(5-24)14(29)22-9-10(26)11(27)15(31-12(9)13(18)28)23-4-6(17)2-20-16(23)30/h2,4,7,9-12,15,19,24,26-27H,3,5,17H2,1H3,(H2,18,28)(H,21,25)(H,22,29)/t7-,9-,10-,11+,12-,15+/m0/s1. The lowest BCUT2D eigenvalue weighted by Gasteiger charge is -2.42. The Hall–Kier alpha value is -3.11. The predicted molar refractivity (Wildman–Crippen MR) is 103 cm³/mol. The third-order valence-corrected chi connectivity index (χ3v) is 4.49. The molecule has 0 radical (unpaired) electrons. The zero-order valence-electron chi connectivity index (χ0n) is 16.5. The molecule has 31 heavy (non-hydrogen) atoms. The van der Waals surface area contributed by atoms with Gasteiger partial charge in [-0.05, 0) is 7.05 Å². The second-order valence-electron chi connectivity index (χ2n) is 6.78. The average molecular weight is 443 g/mol. The second-order valence-corrected chi connectivity index (χ2v) is 6.78. The van der Waals surface area contributed by atoms with Crippen LogP contribution in [0.1, 0.15) is 6.23 Å². The summed E-state index contributed by atoms with van der Waals surface area (Å²) in [6.45, 7) is -0.923. The van der Waals surface area contributed by atoms with Gasteiger partial charge >= 0.3 is 5.69 Å². The first kappa shape index (κ1) is 24.2. The van der Waals surface area contributed by atoms with E-state index in [9.17, 15) is 34.5 Å². The molecule has 0 spiro atoms. The van der Waals surface area contributed by atoms with E-state index < -0.39 is 66.6 Å². The summed E-state index contributed by atoms with van der Waals surface area (Å²) in [4.78, 5) is 51.5. The van der Waals surface area contributed by atoms with Gasteiger partial charge < -0.3 is 47.5 Å². The van der Waals surface area contributed by atoms with Crippen molar-refractivity contribution in [3.63, 3.8) is 0 Å². The van der Waals surface area contributed by atoms with Gasteiger partial charge in [0.05, 0.1) is 31.1 Å². The van der Waals surface area contributed by atoms with Gasteiger partial charge in [-0.25, -0.2) is 4.79 Å². The van der Waals surface area contributed by atoms with Crippen molar-refractivity contribution in [3.8, 4) is 0 Å². The highest BCUT2D eigenvalue weighted by Gasteiger charge is 2.49. The second kappa shape index (κ2) is 10.3. The molecule has 1 saturated heterocycles. The summed E-state index contributed by atoms with van der Waals surface area (Å²) in [5.74, 6) is -2.69. The van der Waals surface area contributed by atoms with E-state index in [1.165, 1.54) is 7.05 Å². The van der Waals surface area contributed by atoms with Crippen LogP contribution in [0.25, 0.3) is 0 Å². The Balaban J connectivity index is 2.25. The molecule has 1 aliphatic heterocycles. The van der Waals surface area contributed by atoms with Crippen molar-refractivity contribution >= 4 is 23.4 Å². The number of rotatable bonds is 8. The molecule has 6 atom stereocenters. The van der Waals surface area contributed by atoms with Gasteiger partial charge in [0.2, 0.25) is 17.7 Å². The number of aliphatic hydroxyl groups is 3. The molecule has 2 heterocycles. The number of nitrogens with zero attached hydrogens (tertiary/aromatic N) is 2. The van der Waals surface area contributed by atoms with Gasteiger partial charge in [0, 0.05) is 6.20 Å². The number of primary amides is 1. The molecule has 10 N–H and O–H groups in total. The SMILES string of the molecule is CNCC(=O)N[C@@H](CO)C(=O)N[C@H]1[C@H](O)[C@@H](O)[C@H](n2cc(N)cnc2=O)O[C@@H]1C(N)=O. The number of hydrogen-bond acceptors (Lipinski definition) is 11. The Labute approximate surface area is 175 Å². The molecule has 1 fully saturated rings. The summed E-state index contributed by atoms with van der Waals surface area (Å²) in [6.07, 6.45) is -4.77. The Morgan fingerprint density at radius 3 is 2.58 bits per heavy atom. The van der Waals surface area contributed by atoms with Crippen molar-refractivity contribution in [3.05, 3.63) is 22.9 Å². The van der Waals surface area contributed by atoms with Crippen LogP contribution in [0, 0.1) is 0 Å². The maximum atomic E-state index is 12.5. The van der Waals surface area contributed by atoms with Crippen LogP contribution in [0.15, 0.2) is 17.2 Å². The summed E-state index contributed by atoms with van der Waals surface area (Å²) in [6, 6.07) is -2.98. The summed E-state index contributed by atoms with van der Waals surface area (Å²) < 4.78 is 6.18. The number of aromatic nitrogens is 2. The molecule has 0 saturated carbocycles. The third-order valence-electron chi connectivity index (χ3n) is 4.49. The highest BCUT2D eigenvalue weighted by molar-refractivity contribution is 5.89. The molecule has 0 aliphatic carbocycles. The van der Waals surface area contributed by atoms with Crippen molar-refractivity contribution in [2.45, 2.75) is 36.6 Å². The quantitative estimate of drug-likeness (QED) is 0.188. The van der Waals surface area contributed by atoms with Gasteiger partial charge in [-0.1, -0.05) is 0 Å². The minimum Gasteiger partial charge on any atom is -0.396 e. The van der Waals surface area contributed by atoms with E-state index >= 15 is 0 Å². The average Bonchev–Trinajstić information content (AvgIpc) is 2.71. The summed E-state index contributed by atoms with van der Waals surface area (Å²) >= 11 is 0. The lowest BCUT2D eigenvalue weighted by Crippen LogP contribution is -2.67. The molecule has 1 aliphatic rings. The predicted octanol–water partition coefficient (Wildman–Crippen LogP) is -5.89. The minimum absolute atomic E-state index is 0.0408. The minimum atomic E-state index is -1.83. The van der Waals surface area contributed by atoms with Crippen molar-refractivity contribution in [1.82, 2.24) is 25.5 Å². The van der Waals surface area contributed by atoms with Gasteiger partial charge in [0.1, 0.15) is 18.2 Å². The van der Waals surface area contributed by atoms with Crippen molar-refractivity contribution in [2.75, 3.05) is 25.9 Å². The summed E-state index contributed by atoms with van der Waals surface area (Å²) in [5.41, 5.74) is 10.0. The Morgan fingerprint density at radius 2 is 2.00 bits per heavy atom. The van der Waals surface area contributed by atoms with Crippen LogP contribution in [0.5, 0.6) is 0 Å². The molecule has 0 unspecified atom stereocenters. The first-order chi connectivity index (χ1) is 14.6. The van der Waals surface area contributed by atoms with Crippen LogP contribution in [-0.2, 0) is 19.1 Å². The van der Waals surface area contributed by atoms with E-state index in [1.807, 2.05) is 0 Å². The fourth-order valence-electron chi connectivity index (χ4n) is 3.00.